The molecule has 4 nitrogen and oxygen atoms in total. The molecule has 1 heterocycles. The molecule has 0 aliphatic carbocycles. The van der Waals surface area contributed by atoms with Crippen molar-refractivity contribution in [2.75, 3.05) is 0 Å². The Kier molecular flexibility index (Phi) is 2.77. The second-order valence-electron chi connectivity index (χ2n) is 3.00. The molecule has 2 aromatic rings. The van der Waals surface area contributed by atoms with Gasteiger partial charge >= 0.3 is 5.69 Å². The van der Waals surface area contributed by atoms with Gasteiger partial charge < -0.3 is 0 Å². The maximum Gasteiger partial charge on any atom is 0.306 e. The summed E-state index contributed by atoms with van der Waals surface area (Å²) in [6.45, 7) is 0. The van der Waals surface area contributed by atoms with Crippen LogP contribution in [-0.2, 0) is 0 Å². The van der Waals surface area contributed by atoms with Gasteiger partial charge in [-0.15, -0.1) is 0 Å². The van der Waals surface area contributed by atoms with Crippen molar-refractivity contribution < 1.29 is 9.31 Å². The highest BCUT2D eigenvalue weighted by Crippen LogP contribution is 2.33. The first kappa shape index (κ1) is 11.2. The van der Waals surface area contributed by atoms with Crippen molar-refractivity contribution in [2.45, 2.75) is 0 Å². The zero-order valence-corrected chi connectivity index (χ0v) is 9.92. The Morgan fingerprint density at radius 1 is 1.50 bits per heavy atom. The summed E-state index contributed by atoms with van der Waals surface area (Å²) in [5, 5.41) is 10.7. The second kappa shape index (κ2) is 3.95. The van der Waals surface area contributed by atoms with Gasteiger partial charge in [0.2, 0.25) is 0 Å². The van der Waals surface area contributed by atoms with E-state index >= 15 is 0 Å². The van der Waals surface area contributed by atoms with Crippen LogP contribution in [-0.4, -0.2) is 9.91 Å². The highest BCUT2D eigenvalue weighted by atomic mass is 79.9. The van der Waals surface area contributed by atoms with Gasteiger partial charge in [0, 0.05) is 9.86 Å². The summed E-state index contributed by atoms with van der Waals surface area (Å²) in [5.74, 6) is -0.582. The van der Waals surface area contributed by atoms with Crippen LogP contribution in [0.2, 0.25) is 5.02 Å². The number of hydrogen-bond acceptors (Lipinski definition) is 3. The van der Waals surface area contributed by atoms with Crippen molar-refractivity contribution in [3.8, 4) is 0 Å². The Bertz CT molecular complexity index is 606. The lowest BCUT2D eigenvalue weighted by atomic mass is 10.2. The number of pyridine rings is 1. The lowest BCUT2D eigenvalue weighted by molar-refractivity contribution is -0.384. The number of fused-ring (bicyclic) bond motifs is 1. The standard InChI is InChI=1S/C9H3BrClFN2O2/c10-4-1-5-8(11)7(14(15)16)3-13-9(5)6(12)2-4/h1-3H. The van der Waals surface area contributed by atoms with E-state index in [2.05, 4.69) is 20.9 Å². The zero-order valence-electron chi connectivity index (χ0n) is 7.58. The molecule has 0 aliphatic heterocycles. The molecular weight excluding hydrogens is 302 g/mol. The van der Waals surface area contributed by atoms with Crippen LogP contribution in [0.15, 0.2) is 22.8 Å². The fourth-order valence-corrected chi connectivity index (χ4v) is 2.00. The number of nitro groups is 1. The third-order valence-electron chi connectivity index (χ3n) is 2.00. The molecule has 0 saturated heterocycles. The number of benzene rings is 1. The molecule has 0 spiro atoms. The topological polar surface area (TPSA) is 56.0 Å². The van der Waals surface area contributed by atoms with Crippen molar-refractivity contribution in [1.29, 1.82) is 0 Å². The van der Waals surface area contributed by atoms with Gasteiger partial charge in [-0.3, -0.25) is 10.1 Å². The number of halogens is 3. The monoisotopic (exact) mass is 304 g/mol. The summed E-state index contributed by atoms with van der Waals surface area (Å²) in [7, 11) is 0. The van der Waals surface area contributed by atoms with Gasteiger partial charge in [-0.2, -0.15) is 0 Å². The van der Waals surface area contributed by atoms with Gasteiger partial charge in [0.05, 0.1) is 4.92 Å². The van der Waals surface area contributed by atoms with E-state index in [-0.39, 0.29) is 21.6 Å². The molecule has 0 bridgehead atoms. The molecule has 7 heteroatoms. The number of hydrogen-bond donors (Lipinski definition) is 0. The number of nitrogens with zero attached hydrogens (tertiary/aromatic N) is 2. The first-order valence-electron chi connectivity index (χ1n) is 4.08. The molecule has 16 heavy (non-hydrogen) atoms. The van der Waals surface area contributed by atoms with Crippen LogP contribution in [0, 0.1) is 15.9 Å². The second-order valence-corrected chi connectivity index (χ2v) is 4.29. The highest BCUT2D eigenvalue weighted by molar-refractivity contribution is 9.10. The first-order valence-corrected chi connectivity index (χ1v) is 5.25. The normalized spacial score (nSPS) is 10.7. The fraction of sp³-hybridized carbons (Fsp3) is 0. The molecule has 1 aromatic carbocycles. The van der Waals surface area contributed by atoms with E-state index in [1.54, 1.807) is 0 Å². The Morgan fingerprint density at radius 3 is 2.81 bits per heavy atom. The Morgan fingerprint density at radius 2 is 2.19 bits per heavy atom. The SMILES string of the molecule is O=[N+]([O-])c1cnc2c(F)cc(Br)cc2c1Cl. The van der Waals surface area contributed by atoms with Gasteiger partial charge in [-0.05, 0) is 12.1 Å². The molecule has 0 amide bonds. The molecule has 0 fully saturated rings. The minimum absolute atomic E-state index is 0.0128. The van der Waals surface area contributed by atoms with Crippen LogP contribution in [0.5, 0.6) is 0 Å². The van der Waals surface area contributed by atoms with Crippen molar-refractivity contribution in [3.63, 3.8) is 0 Å². The molecular formula is C9H3BrClFN2O2. The fourth-order valence-electron chi connectivity index (χ4n) is 1.31. The van der Waals surface area contributed by atoms with Crippen LogP contribution in [0.3, 0.4) is 0 Å². The Hall–Kier alpha value is -1.27. The van der Waals surface area contributed by atoms with E-state index < -0.39 is 10.7 Å². The van der Waals surface area contributed by atoms with Gasteiger partial charge in [0.1, 0.15) is 16.7 Å². The average Bonchev–Trinajstić information content (AvgIpc) is 2.19. The average molecular weight is 305 g/mol. The van der Waals surface area contributed by atoms with E-state index in [0.717, 1.165) is 6.20 Å². The molecule has 0 N–H and O–H groups in total. The van der Waals surface area contributed by atoms with E-state index in [1.807, 2.05) is 0 Å². The summed E-state index contributed by atoms with van der Waals surface area (Å²) < 4.78 is 13.9. The molecule has 0 radical (unpaired) electrons. The van der Waals surface area contributed by atoms with Crippen LogP contribution < -0.4 is 0 Å². The third-order valence-corrected chi connectivity index (χ3v) is 2.86. The van der Waals surface area contributed by atoms with Crippen molar-refractivity contribution in [3.05, 3.63) is 43.8 Å². The third kappa shape index (κ3) is 1.74. The molecule has 0 unspecified atom stereocenters. The summed E-state index contributed by atoms with van der Waals surface area (Å²) >= 11 is 8.89. The molecule has 0 atom stereocenters. The predicted octanol–water partition coefficient (Wildman–Crippen LogP) is 3.70. The zero-order chi connectivity index (χ0) is 11.9. The lowest BCUT2D eigenvalue weighted by Crippen LogP contribution is -1.93. The maximum atomic E-state index is 13.4. The number of aromatic nitrogens is 1. The Labute approximate surface area is 102 Å². The summed E-state index contributed by atoms with van der Waals surface area (Å²) in [6, 6.07) is 2.71. The quantitative estimate of drug-likeness (QED) is 0.596. The largest absolute Gasteiger partial charge is 0.306 e. The minimum Gasteiger partial charge on any atom is -0.258 e. The van der Waals surface area contributed by atoms with Crippen molar-refractivity contribution in [2.24, 2.45) is 0 Å². The van der Waals surface area contributed by atoms with Gasteiger partial charge in [0.25, 0.3) is 0 Å². The van der Waals surface area contributed by atoms with Crippen LogP contribution in [0.1, 0.15) is 0 Å². The summed E-state index contributed by atoms with van der Waals surface area (Å²) in [6.07, 6.45) is 0.946. The van der Waals surface area contributed by atoms with E-state index in [0.29, 0.717) is 4.47 Å². The lowest BCUT2D eigenvalue weighted by Gasteiger charge is -2.02. The molecule has 0 aliphatic rings. The smallest absolute Gasteiger partial charge is 0.258 e. The first-order chi connectivity index (χ1) is 7.50. The van der Waals surface area contributed by atoms with Crippen LogP contribution >= 0.6 is 27.5 Å². The Balaban J connectivity index is 2.89. The highest BCUT2D eigenvalue weighted by Gasteiger charge is 2.18. The van der Waals surface area contributed by atoms with Gasteiger partial charge in [-0.1, -0.05) is 27.5 Å². The molecule has 1 aromatic heterocycles. The number of rotatable bonds is 1. The van der Waals surface area contributed by atoms with Crippen LogP contribution in [0.25, 0.3) is 10.9 Å². The predicted molar refractivity (Wildman–Crippen MR) is 61.1 cm³/mol. The van der Waals surface area contributed by atoms with Crippen molar-refractivity contribution in [1.82, 2.24) is 4.98 Å². The van der Waals surface area contributed by atoms with E-state index in [4.69, 9.17) is 11.6 Å². The summed E-state index contributed by atoms with van der Waals surface area (Å²) in [4.78, 5) is 13.6. The van der Waals surface area contributed by atoms with Crippen LogP contribution in [0.4, 0.5) is 10.1 Å². The minimum atomic E-state index is -0.659. The van der Waals surface area contributed by atoms with Gasteiger partial charge in [-0.25, -0.2) is 9.37 Å². The molecule has 2 rings (SSSR count). The maximum absolute atomic E-state index is 13.4. The molecule has 82 valence electrons. The molecule has 0 saturated carbocycles. The van der Waals surface area contributed by atoms with Crippen molar-refractivity contribution >= 4 is 44.1 Å². The van der Waals surface area contributed by atoms with Gasteiger partial charge in [0.15, 0.2) is 5.82 Å². The van der Waals surface area contributed by atoms with E-state index in [9.17, 15) is 14.5 Å². The van der Waals surface area contributed by atoms with E-state index in [1.165, 1.54) is 12.1 Å². The summed E-state index contributed by atoms with van der Waals surface area (Å²) in [5.41, 5.74) is -0.328.